The summed E-state index contributed by atoms with van der Waals surface area (Å²) in [5.74, 6) is 0. The van der Waals surface area contributed by atoms with Crippen molar-refractivity contribution in [3.05, 3.63) is 59.4 Å². The third-order valence-electron chi connectivity index (χ3n) is 3.21. The highest BCUT2D eigenvalue weighted by molar-refractivity contribution is 7.89. The highest BCUT2D eigenvalue weighted by Gasteiger charge is 2.13. The third-order valence-corrected chi connectivity index (χ3v) is 4.90. The van der Waals surface area contributed by atoms with E-state index < -0.39 is 10.0 Å². The van der Waals surface area contributed by atoms with Crippen LogP contribution >= 0.6 is 11.6 Å². The molecule has 0 saturated carbocycles. The van der Waals surface area contributed by atoms with Crippen LogP contribution < -0.4 is 4.72 Å². The van der Waals surface area contributed by atoms with Gasteiger partial charge in [0.1, 0.15) is 5.52 Å². The molecule has 0 spiro atoms. The summed E-state index contributed by atoms with van der Waals surface area (Å²) in [5.41, 5.74) is 2.45. The van der Waals surface area contributed by atoms with Gasteiger partial charge in [-0.1, -0.05) is 23.7 Å². The van der Waals surface area contributed by atoms with Crippen molar-refractivity contribution in [3.63, 3.8) is 0 Å². The zero-order chi connectivity index (χ0) is 15.6. The van der Waals surface area contributed by atoms with Crippen molar-refractivity contribution in [2.45, 2.75) is 11.3 Å². The summed E-state index contributed by atoms with van der Waals surface area (Å²) in [6, 6.07) is 11.8. The Morgan fingerprint density at radius 1 is 1.18 bits per heavy atom. The van der Waals surface area contributed by atoms with Crippen LogP contribution in [0.15, 0.2) is 58.2 Å². The van der Waals surface area contributed by atoms with Gasteiger partial charge in [-0.2, -0.15) is 0 Å². The first kappa shape index (κ1) is 15.0. The van der Waals surface area contributed by atoms with Crippen molar-refractivity contribution in [1.29, 1.82) is 0 Å². The molecule has 0 aliphatic heterocycles. The zero-order valence-electron chi connectivity index (χ0n) is 11.5. The highest BCUT2D eigenvalue weighted by Crippen LogP contribution is 2.16. The van der Waals surface area contributed by atoms with E-state index in [1.54, 1.807) is 12.1 Å². The molecule has 0 aliphatic carbocycles. The van der Waals surface area contributed by atoms with Gasteiger partial charge in [0.05, 0.1) is 4.90 Å². The number of hydrogen-bond acceptors (Lipinski definition) is 4. The van der Waals surface area contributed by atoms with Crippen LogP contribution in [0, 0.1) is 0 Å². The van der Waals surface area contributed by atoms with Crippen LogP contribution in [0.1, 0.15) is 5.56 Å². The summed E-state index contributed by atoms with van der Waals surface area (Å²) in [5, 5.41) is 0.388. The van der Waals surface area contributed by atoms with Gasteiger partial charge < -0.3 is 4.42 Å². The Labute approximate surface area is 133 Å². The van der Waals surface area contributed by atoms with E-state index in [2.05, 4.69) is 9.71 Å². The summed E-state index contributed by atoms with van der Waals surface area (Å²) >= 11 is 5.82. The predicted molar refractivity (Wildman–Crippen MR) is 84.4 cm³/mol. The van der Waals surface area contributed by atoms with Gasteiger partial charge in [-0.05, 0) is 42.3 Å². The fourth-order valence-corrected chi connectivity index (χ4v) is 3.44. The van der Waals surface area contributed by atoms with Crippen LogP contribution in [0.25, 0.3) is 11.1 Å². The molecule has 0 unspecified atom stereocenters. The molecule has 0 aliphatic rings. The maximum absolute atomic E-state index is 12.1. The van der Waals surface area contributed by atoms with Crippen molar-refractivity contribution in [1.82, 2.24) is 9.71 Å². The molecule has 114 valence electrons. The van der Waals surface area contributed by atoms with Crippen LogP contribution in [0.4, 0.5) is 0 Å². The van der Waals surface area contributed by atoms with Crippen LogP contribution in [0.2, 0.25) is 5.02 Å². The second-order valence-electron chi connectivity index (χ2n) is 4.76. The molecular formula is C15H13ClN2O3S. The first-order valence-corrected chi connectivity index (χ1v) is 8.48. The zero-order valence-corrected chi connectivity index (χ0v) is 13.1. The summed E-state index contributed by atoms with van der Waals surface area (Å²) < 4.78 is 32.0. The standard InChI is InChI=1S/C15H13ClN2O3S/c16-12-2-1-3-13(9-12)22(19,20)18-7-6-11-4-5-15-14(8-11)17-10-21-15/h1-5,8-10,18H,6-7H2. The summed E-state index contributed by atoms with van der Waals surface area (Å²) in [6.07, 6.45) is 1.94. The van der Waals surface area contributed by atoms with Crippen molar-refractivity contribution in [3.8, 4) is 0 Å². The highest BCUT2D eigenvalue weighted by atomic mass is 35.5. The second-order valence-corrected chi connectivity index (χ2v) is 6.96. The number of nitrogens with zero attached hydrogens (tertiary/aromatic N) is 1. The molecule has 0 fully saturated rings. The number of benzene rings is 2. The van der Waals surface area contributed by atoms with Crippen molar-refractivity contribution >= 4 is 32.7 Å². The number of rotatable bonds is 5. The minimum atomic E-state index is -3.55. The molecule has 0 bridgehead atoms. The van der Waals surface area contributed by atoms with Crippen LogP contribution in [-0.4, -0.2) is 19.9 Å². The number of aromatic nitrogens is 1. The van der Waals surface area contributed by atoms with E-state index >= 15 is 0 Å². The van der Waals surface area contributed by atoms with Crippen molar-refractivity contribution < 1.29 is 12.8 Å². The number of nitrogens with one attached hydrogen (secondary N) is 1. The Bertz CT molecular complexity index is 906. The number of sulfonamides is 1. The first-order valence-electron chi connectivity index (χ1n) is 6.62. The number of oxazole rings is 1. The molecular weight excluding hydrogens is 324 g/mol. The third kappa shape index (κ3) is 3.30. The SMILES string of the molecule is O=S(=O)(NCCc1ccc2ocnc2c1)c1cccc(Cl)c1. The molecule has 22 heavy (non-hydrogen) atoms. The lowest BCUT2D eigenvalue weighted by Crippen LogP contribution is -2.26. The van der Waals surface area contributed by atoms with Gasteiger partial charge in [0.15, 0.2) is 12.0 Å². The monoisotopic (exact) mass is 336 g/mol. The number of fused-ring (bicyclic) bond motifs is 1. The lowest BCUT2D eigenvalue weighted by atomic mass is 10.1. The summed E-state index contributed by atoms with van der Waals surface area (Å²) in [6.45, 7) is 0.290. The van der Waals surface area contributed by atoms with E-state index in [0.29, 0.717) is 17.0 Å². The van der Waals surface area contributed by atoms with E-state index in [1.807, 2.05) is 18.2 Å². The Morgan fingerprint density at radius 2 is 2.05 bits per heavy atom. The van der Waals surface area contributed by atoms with Crippen LogP contribution in [-0.2, 0) is 16.4 Å². The van der Waals surface area contributed by atoms with E-state index in [1.165, 1.54) is 18.5 Å². The molecule has 0 atom stereocenters. The molecule has 7 heteroatoms. The fraction of sp³-hybridized carbons (Fsp3) is 0.133. The fourth-order valence-electron chi connectivity index (χ4n) is 2.11. The van der Waals surface area contributed by atoms with Crippen molar-refractivity contribution in [2.24, 2.45) is 0 Å². The first-order chi connectivity index (χ1) is 10.5. The summed E-state index contributed by atoms with van der Waals surface area (Å²) in [7, 11) is -3.55. The topological polar surface area (TPSA) is 72.2 Å². The Morgan fingerprint density at radius 3 is 2.86 bits per heavy atom. The van der Waals surface area contributed by atoms with Crippen LogP contribution in [0.5, 0.6) is 0 Å². The molecule has 1 heterocycles. The van der Waals surface area contributed by atoms with E-state index in [0.717, 1.165) is 11.1 Å². The maximum Gasteiger partial charge on any atom is 0.240 e. The lowest BCUT2D eigenvalue weighted by molar-refractivity contribution is 0.581. The molecule has 1 aromatic heterocycles. The van der Waals surface area contributed by atoms with Crippen LogP contribution in [0.3, 0.4) is 0 Å². The average Bonchev–Trinajstić information content (AvgIpc) is 2.94. The second kappa shape index (κ2) is 6.08. The van der Waals surface area contributed by atoms with Gasteiger partial charge in [-0.3, -0.25) is 0 Å². The van der Waals surface area contributed by atoms with Gasteiger partial charge in [0, 0.05) is 11.6 Å². The molecule has 3 aromatic rings. The minimum absolute atomic E-state index is 0.159. The maximum atomic E-state index is 12.1. The van der Waals surface area contributed by atoms with E-state index in [-0.39, 0.29) is 11.4 Å². The van der Waals surface area contributed by atoms with Gasteiger partial charge in [0.25, 0.3) is 0 Å². The summed E-state index contributed by atoms with van der Waals surface area (Å²) in [4.78, 5) is 4.23. The molecule has 1 N–H and O–H groups in total. The van der Waals surface area contributed by atoms with Gasteiger partial charge in [0.2, 0.25) is 10.0 Å². The molecule has 5 nitrogen and oxygen atoms in total. The number of halogens is 1. The molecule has 3 rings (SSSR count). The average molecular weight is 337 g/mol. The molecule has 0 radical (unpaired) electrons. The van der Waals surface area contributed by atoms with Gasteiger partial charge in [-0.15, -0.1) is 0 Å². The minimum Gasteiger partial charge on any atom is -0.443 e. The molecule has 0 amide bonds. The predicted octanol–water partition coefficient (Wildman–Crippen LogP) is 3.00. The Balaban J connectivity index is 1.67. The van der Waals surface area contributed by atoms with E-state index in [4.69, 9.17) is 16.0 Å². The smallest absolute Gasteiger partial charge is 0.240 e. The Kier molecular flexibility index (Phi) is 4.15. The normalized spacial score (nSPS) is 11.9. The number of hydrogen-bond donors (Lipinski definition) is 1. The molecule has 0 saturated heterocycles. The lowest BCUT2D eigenvalue weighted by Gasteiger charge is -2.07. The largest absolute Gasteiger partial charge is 0.443 e. The van der Waals surface area contributed by atoms with Gasteiger partial charge in [-0.25, -0.2) is 18.1 Å². The van der Waals surface area contributed by atoms with Gasteiger partial charge >= 0.3 is 0 Å². The van der Waals surface area contributed by atoms with Crippen molar-refractivity contribution in [2.75, 3.05) is 6.54 Å². The molecule has 2 aromatic carbocycles. The quantitative estimate of drug-likeness (QED) is 0.777. The van der Waals surface area contributed by atoms with E-state index in [9.17, 15) is 8.42 Å². The Hall–Kier alpha value is -1.89.